The normalized spacial score (nSPS) is 26.4. The molecular weight excluding hydrogens is 497 g/mol. The Balaban J connectivity index is 1.81. The number of para-hydroxylation sites is 1. The van der Waals surface area contributed by atoms with Crippen LogP contribution in [0.5, 0.6) is 5.75 Å². The van der Waals surface area contributed by atoms with Gasteiger partial charge in [0.25, 0.3) is 5.56 Å². The van der Waals surface area contributed by atoms with Crippen molar-refractivity contribution in [1.29, 1.82) is 0 Å². The highest BCUT2D eigenvalue weighted by Crippen LogP contribution is 2.46. The van der Waals surface area contributed by atoms with E-state index in [0.717, 1.165) is 12.3 Å². The van der Waals surface area contributed by atoms with Gasteiger partial charge in [-0.25, -0.2) is 13.9 Å². The smallest absolute Gasteiger partial charge is 0.459 e. The van der Waals surface area contributed by atoms with Crippen LogP contribution in [-0.4, -0.2) is 62.3 Å². The van der Waals surface area contributed by atoms with E-state index in [-0.39, 0.29) is 5.75 Å². The summed E-state index contributed by atoms with van der Waals surface area (Å²) < 4.78 is 36.0. The molecule has 2 heterocycles. The Morgan fingerprint density at radius 2 is 1.92 bits per heavy atom. The molecular formula is C22H30N3O10P. The van der Waals surface area contributed by atoms with Gasteiger partial charge in [0.2, 0.25) is 0 Å². The highest BCUT2D eigenvalue weighted by molar-refractivity contribution is 7.52. The molecule has 0 aliphatic carbocycles. The Hall–Kier alpha value is -2.80. The van der Waals surface area contributed by atoms with Gasteiger partial charge in [-0.1, -0.05) is 18.2 Å². The van der Waals surface area contributed by atoms with Crippen LogP contribution in [0.4, 0.5) is 0 Å². The van der Waals surface area contributed by atoms with Crippen LogP contribution < -0.4 is 20.9 Å². The average Bonchev–Trinajstić information content (AvgIpc) is 3.01. The highest BCUT2D eigenvalue weighted by Gasteiger charge is 2.54. The number of hydrogen-bond acceptors (Lipinski definition) is 10. The van der Waals surface area contributed by atoms with Crippen molar-refractivity contribution in [2.24, 2.45) is 0 Å². The number of aromatic amines is 1. The minimum absolute atomic E-state index is 0.165. The van der Waals surface area contributed by atoms with Crippen molar-refractivity contribution in [3.05, 3.63) is 63.4 Å². The molecule has 2 aromatic rings. The van der Waals surface area contributed by atoms with Crippen LogP contribution >= 0.6 is 7.75 Å². The third-order valence-corrected chi connectivity index (χ3v) is 6.96. The Labute approximate surface area is 206 Å². The zero-order chi connectivity index (χ0) is 26.7. The maximum absolute atomic E-state index is 13.6. The van der Waals surface area contributed by atoms with Gasteiger partial charge in [-0.15, -0.1) is 0 Å². The zero-order valence-corrected chi connectivity index (χ0v) is 21.1. The summed E-state index contributed by atoms with van der Waals surface area (Å²) in [6.07, 6.45) is -3.83. The minimum Gasteiger partial charge on any atom is -0.462 e. The van der Waals surface area contributed by atoms with E-state index < -0.39 is 67.8 Å². The lowest BCUT2D eigenvalue weighted by Gasteiger charge is -2.27. The Kier molecular flexibility index (Phi) is 8.55. The zero-order valence-electron chi connectivity index (χ0n) is 20.2. The molecule has 0 radical (unpaired) electrons. The number of H-pyrrole nitrogens is 1. The van der Waals surface area contributed by atoms with Gasteiger partial charge in [-0.3, -0.25) is 14.1 Å². The number of rotatable bonds is 10. The van der Waals surface area contributed by atoms with Crippen molar-refractivity contribution >= 4 is 13.7 Å². The van der Waals surface area contributed by atoms with Gasteiger partial charge in [-0.2, -0.15) is 5.09 Å². The maximum Gasteiger partial charge on any atom is 0.459 e. The summed E-state index contributed by atoms with van der Waals surface area (Å²) in [6, 6.07) is 7.98. The number of hydrogen-bond donors (Lipinski definition) is 4. The first kappa shape index (κ1) is 27.8. The Bertz CT molecular complexity index is 1180. The van der Waals surface area contributed by atoms with Crippen molar-refractivity contribution < 1.29 is 38.1 Å². The number of carbonyl (C=O) groups excluding carboxylic acids is 1. The maximum atomic E-state index is 13.6. The molecule has 1 fully saturated rings. The third-order valence-electron chi connectivity index (χ3n) is 5.31. The molecule has 1 aliphatic heterocycles. The molecule has 0 unspecified atom stereocenters. The third kappa shape index (κ3) is 6.30. The van der Waals surface area contributed by atoms with Crippen LogP contribution in [0.15, 0.2) is 52.2 Å². The predicted molar refractivity (Wildman–Crippen MR) is 126 cm³/mol. The van der Waals surface area contributed by atoms with Gasteiger partial charge in [0.1, 0.15) is 29.6 Å². The van der Waals surface area contributed by atoms with Crippen LogP contribution in [0.3, 0.4) is 0 Å². The number of carbonyl (C=O) groups is 1. The van der Waals surface area contributed by atoms with E-state index in [2.05, 4.69) is 10.1 Å². The Morgan fingerprint density at radius 3 is 2.53 bits per heavy atom. The lowest BCUT2D eigenvalue weighted by Crippen LogP contribution is -2.49. The summed E-state index contributed by atoms with van der Waals surface area (Å²) in [4.78, 5) is 39.0. The fourth-order valence-electron chi connectivity index (χ4n) is 3.51. The molecule has 1 aliphatic rings. The molecule has 0 amide bonds. The first-order valence-electron chi connectivity index (χ1n) is 11.2. The monoisotopic (exact) mass is 527 g/mol. The van der Waals surface area contributed by atoms with E-state index in [1.165, 1.54) is 26.0 Å². The molecule has 1 aromatic heterocycles. The molecule has 4 N–H and O–H groups in total. The Morgan fingerprint density at radius 1 is 1.25 bits per heavy atom. The van der Waals surface area contributed by atoms with Gasteiger partial charge in [0.15, 0.2) is 6.23 Å². The summed E-state index contributed by atoms with van der Waals surface area (Å²) in [7, 11) is -4.29. The molecule has 0 saturated carbocycles. The molecule has 3 rings (SSSR count). The predicted octanol–water partition coefficient (Wildman–Crippen LogP) is 0.679. The second kappa shape index (κ2) is 11.1. The summed E-state index contributed by atoms with van der Waals surface area (Å²) in [5.74, 6) is -0.536. The fraction of sp³-hybridized carbons (Fsp3) is 0.500. The lowest BCUT2D eigenvalue weighted by atomic mass is 9.96. The van der Waals surface area contributed by atoms with E-state index in [4.69, 9.17) is 18.5 Å². The summed E-state index contributed by atoms with van der Waals surface area (Å²) >= 11 is 0. The molecule has 198 valence electrons. The minimum atomic E-state index is -4.29. The van der Waals surface area contributed by atoms with E-state index in [0.29, 0.717) is 4.57 Å². The van der Waals surface area contributed by atoms with Crippen LogP contribution in [0, 0.1) is 0 Å². The largest absolute Gasteiger partial charge is 0.462 e. The fourth-order valence-corrected chi connectivity index (χ4v) is 5.02. The van der Waals surface area contributed by atoms with Gasteiger partial charge in [-0.05, 0) is 39.8 Å². The van der Waals surface area contributed by atoms with Crippen molar-refractivity contribution in [2.75, 3.05) is 6.61 Å². The molecule has 1 saturated heterocycles. The standard InChI is InChI=1S/C22H30N3O10P/c1-13(2)33-19(28)14(3)24-36(31,35-15-8-6-5-7-9-15)32-12-16-18(27)22(4,30)20(34-16)25-17(26)10-11-23-21(25)29/h5-11,13-14,16,18,20,27,30H,12H2,1-4H3,(H,23,29)(H,24,31)/t14-,16-,18-,20-,22-,36+/m1/s1. The van der Waals surface area contributed by atoms with Gasteiger partial charge < -0.3 is 29.2 Å². The second-order valence-corrected chi connectivity index (χ2v) is 10.4. The number of aliphatic hydroxyl groups excluding tert-OH is 1. The summed E-state index contributed by atoms with van der Waals surface area (Å²) in [6.45, 7) is 5.31. The number of esters is 1. The first-order valence-corrected chi connectivity index (χ1v) is 12.7. The summed E-state index contributed by atoms with van der Waals surface area (Å²) in [5.41, 5.74) is -3.72. The van der Waals surface area contributed by atoms with E-state index in [9.17, 15) is 29.2 Å². The van der Waals surface area contributed by atoms with Crippen LogP contribution in [0.25, 0.3) is 0 Å². The molecule has 6 atom stereocenters. The van der Waals surface area contributed by atoms with Crippen molar-refractivity contribution in [2.45, 2.75) is 63.9 Å². The molecule has 0 bridgehead atoms. The van der Waals surface area contributed by atoms with E-state index in [1.807, 2.05) is 0 Å². The molecule has 36 heavy (non-hydrogen) atoms. The molecule has 0 spiro atoms. The molecule has 13 nitrogen and oxygen atoms in total. The molecule has 14 heteroatoms. The lowest BCUT2D eigenvalue weighted by molar-refractivity contribution is -0.149. The van der Waals surface area contributed by atoms with Gasteiger partial charge in [0.05, 0.1) is 12.7 Å². The van der Waals surface area contributed by atoms with E-state index >= 15 is 0 Å². The number of nitrogens with zero attached hydrogens (tertiary/aromatic N) is 1. The van der Waals surface area contributed by atoms with Crippen LogP contribution in [0.1, 0.15) is 33.9 Å². The van der Waals surface area contributed by atoms with Gasteiger partial charge >= 0.3 is 19.4 Å². The van der Waals surface area contributed by atoms with Crippen molar-refractivity contribution in [1.82, 2.24) is 14.6 Å². The van der Waals surface area contributed by atoms with E-state index in [1.54, 1.807) is 32.0 Å². The number of aromatic nitrogens is 2. The topological polar surface area (TPSA) is 178 Å². The SMILES string of the molecule is CC(C)OC(=O)[C@@H](C)N[P@](=O)(OC[C@H]1O[C@@H](n2c(=O)cc[nH]c2=O)[C@](C)(O)[C@@H]1O)Oc1ccccc1. The van der Waals surface area contributed by atoms with Crippen LogP contribution in [-0.2, 0) is 23.4 Å². The quantitative estimate of drug-likeness (QED) is 0.252. The van der Waals surface area contributed by atoms with Crippen LogP contribution in [0.2, 0.25) is 0 Å². The molecule has 1 aromatic carbocycles. The van der Waals surface area contributed by atoms with Crippen molar-refractivity contribution in [3.63, 3.8) is 0 Å². The number of ether oxygens (including phenoxy) is 2. The number of nitrogens with one attached hydrogen (secondary N) is 2. The van der Waals surface area contributed by atoms with Crippen molar-refractivity contribution in [3.8, 4) is 5.75 Å². The van der Waals surface area contributed by atoms with Gasteiger partial charge in [0, 0.05) is 12.3 Å². The average molecular weight is 527 g/mol. The first-order chi connectivity index (χ1) is 16.8. The summed E-state index contributed by atoms with van der Waals surface area (Å²) in [5, 5.41) is 24.0. The second-order valence-electron chi connectivity index (χ2n) is 8.72. The highest BCUT2D eigenvalue weighted by atomic mass is 31.2. The number of benzene rings is 1. The number of aliphatic hydroxyl groups is 2.